The Balaban J connectivity index is 0. The molecule has 0 unspecified atom stereocenters. The van der Waals surface area contributed by atoms with Crippen molar-refractivity contribution in [3.63, 3.8) is 0 Å². The van der Waals surface area contributed by atoms with Crippen LogP contribution in [0, 0.1) is 0 Å². The average Bonchev–Trinajstić information content (AvgIpc) is 3.05. The molecule has 0 rings (SSSR count). The molecule has 0 saturated heterocycles. The summed E-state index contributed by atoms with van der Waals surface area (Å²) in [4.78, 5) is 0. The molecule has 0 saturated carbocycles. The van der Waals surface area contributed by atoms with E-state index in [0.717, 1.165) is 0 Å². The molecule has 0 aromatic heterocycles. The summed E-state index contributed by atoms with van der Waals surface area (Å²) < 4.78 is 1.49. The first kappa shape index (κ1) is 48.4. The van der Waals surface area contributed by atoms with Gasteiger partial charge in [-0.25, -0.2) is 0 Å². The molecule has 0 aliphatic rings. The standard InChI is InChI=1S/C44H92N.ClH/c1-5-9-13-17-21-25-29-33-37-41-45(42-38-34-30-26-22-18-14-10-6-2,43-39-35-31-27-23-19-15-11-7-3)44-40-36-32-28-24-20-16-12-8-4;/h5-44H2,1-4H3;1H/q+1;/p-1. The van der Waals surface area contributed by atoms with Crippen LogP contribution in [0.4, 0.5) is 0 Å². The minimum absolute atomic E-state index is 0. The van der Waals surface area contributed by atoms with Gasteiger partial charge in [-0.05, 0) is 51.4 Å². The Kier molecular flexibility index (Phi) is 43.5. The molecule has 0 aromatic rings. The SMILES string of the molecule is CCCCCCCCCCC[N+](CCCCCCCCCCC)(CCCCCCCCCCC)CCCCCCCCCCC.[Cl-]. The van der Waals surface area contributed by atoms with Gasteiger partial charge in [0.15, 0.2) is 0 Å². The summed E-state index contributed by atoms with van der Waals surface area (Å²) in [6, 6.07) is 0. The van der Waals surface area contributed by atoms with Crippen molar-refractivity contribution in [2.75, 3.05) is 26.2 Å². The second-order valence-electron chi connectivity index (χ2n) is 15.5. The van der Waals surface area contributed by atoms with E-state index in [2.05, 4.69) is 27.7 Å². The summed E-state index contributed by atoms with van der Waals surface area (Å²) in [7, 11) is 0. The fraction of sp³-hybridized carbons (Fsp3) is 1.00. The van der Waals surface area contributed by atoms with Gasteiger partial charge in [0.25, 0.3) is 0 Å². The van der Waals surface area contributed by atoms with Gasteiger partial charge in [-0.1, -0.05) is 207 Å². The zero-order valence-electron chi connectivity index (χ0n) is 33.1. The molecule has 0 spiro atoms. The summed E-state index contributed by atoms with van der Waals surface area (Å²) in [6.45, 7) is 15.3. The zero-order chi connectivity index (χ0) is 32.8. The first-order valence-electron chi connectivity index (χ1n) is 22.1. The van der Waals surface area contributed by atoms with E-state index in [1.807, 2.05) is 0 Å². The Bertz CT molecular complexity index is 427. The van der Waals surface area contributed by atoms with Crippen molar-refractivity contribution in [1.82, 2.24) is 0 Å². The Morgan fingerprint density at radius 3 is 0.478 bits per heavy atom. The van der Waals surface area contributed by atoms with Crippen molar-refractivity contribution in [2.24, 2.45) is 0 Å². The molecule has 1 nitrogen and oxygen atoms in total. The summed E-state index contributed by atoms with van der Waals surface area (Å²) in [5.41, 5.74) is 0. The van der Waals surface area contributed by atoms with Gasteiger partial charge in [-0.3, -0.25) is 0 Å². The summed E-state index contributed by atoms with van der Waals surface area (Å²) in [5, 5.41) is 0. The molecule has 280 valence electrons. The van der Waals surface area contributed by atoms with Crippen molar-refractivity contribution in [2.45, 2.75) is 259 Å². The lowest BCUT2D eigenvalue weighted by Crippen LogP contribution is -3.00. The normalized spacial score (nSPS) is 11.7. The van der Waals surface area contributed by atoms with Gasteiger partial charge in [0.1, 0.15) is 0 Å². The third-order valence-electron chi connectivity index (χ3n) is 10.9. The highest BCUT2D eigenvalue weighted by molar-refractivity contribution is 4.56. The van der Waals surface area contributed by atoms with Gasteiger partial charge in [0.05, 0.1) is 26.2 Å². The van der Waals surface area contributed by atoms with Gasteiger partial charge in [0, 0.05) is 0 Å². The number of hydrogen-bond acceptors (Lipinski definition) is 0. The fourth-order valence-electron chi connectivity index (χ4n) is 7.70. The van der Waals surface area contributed by atoms with Gasteiger partial charge in [-0.15, -0.1) is 0 Å². The third kappa shape index (κ3) is 35.6. The first-order chi connectivity index (χ1) is 22.2. The Morgan fingerprint density at radius 1 is 0.196 bits per heavy atom. The van der Waals surface area contributed by atoms with Crippen LogP contribution in [0.5, 0.6) is 0 Å². The molecule has 0 aliphatic carbocycles. The van der Waals surface area contributed by atoms with Crippen LogP contribution in [-0.2, 0) is 0 Å². The lowest BCUT2D eigenvalue weighted by molar-refractivity contribution is -0.929. The van der Waals surface area contributed by atoms with Crippen molar-refractivity contribution in [3.8, 4) is 0 Å². The lowest BCUT2D eigenvalue weighted by atomic mass is 10.0. The van der Waals surface area contributed by atoms with E-state index in [1.54, 1.807) is 0 Å². The summed E-state index contributed by atoms with van der Waals surface area (Å²) >= 11 is 0. The van der Waals surface area contributed by atoms with E-state index in [1.165, 1.54) is 262 Å². The lowest BCUT2D eigenvalue weighted by Gasteiger charge is -2.40. The molecule has 0 amide bonds. The number of unbranched alkanes of at least 4 members (excludes halogenated alkanes) is 32. The Morgan fingerprint density at radius 2 is 0.326 bits per heavy atom. The van der Waals surface area contributed by atoms with Crippen LogP contribution in [0.2, 0.25) is 0 Å². The predicted molar refractivity (Wildman–Crippen MR) is 209 cm³/mol. The highest BCUT2D eigenvalue weighted by atomic mass is 35.5. The molecule has 0 aromatic carbocycles. The zero-order valence-corrected chi connectivity index (χ0v) is 33.9. The number of quaternary nitrogens is 1. The van der Waals surface area contributed by atoms with Gasteiger partial charge in [-0.2, -0.15) is 0 Å². The van der Waals surface area contributed by atoms with Gasteiger partial charge in [0.2, 0.25) is 0 Å². The number of halogens is 1. The molecule has 46 heavy (non-hydrogen) atoms. The minimum atomic E-state index is 0. The van der Waals surface area contributed by atoms with Crippen LogP contribution < -0.4 is 12.4 Å². The van der Waals surface area contributed by atoms with Crippen LogP contribution in [0.15, 0.2) is 0 Å². The molecule has 2 heteroatoms. The van der Waals surface area contributed by atoms with Crippen molar-refractivity contribution in [1.29, 1.82) is 0 Å². The summed E-state index contributed by atoms with van der Waals surface area (Å²) in [6.07, 6.45) is 52.7. The summed E-state index contributed by atoms with van der Waals surface area (Å²) in [5.74, 6) is 0. The minimum Gasteiger partial charge on any atom is -1.00 e. The molecule has 0 aliphatic heterocycles. The smallest absolute Gasteiger partial charge is 0.0786 e. The largest absolute Gasteiger partial charge is 1.00 e. The highest BCUT2D eigenvalue weighted by Gasteiger charge is 2.25. The maximum Gasteiger partial charge on any atom is 0.0786 e. The van der Waals surface area contributed by atoms with E-state index in [4.69, 9.17) is 0 Å². The maximum atomic E-state index is 2.34. The van der Waals surface area contributed by atoms with E-state index >= 15 is 0 Å². The number of nitrogens with zero attached hydrogens (tertiary/aromatic N) is 1. The van der Waals surface area contributed by atoms with Crippen LogP contribution in [0.25, 0.3) is 0 Å². The second-order valence-corrected chi connectivity index (χ2v) is 15.5. The fourth-order valence-corrected chi connectivity index (χ4v) is 7.70. The van der Waals surface area contributed by atoms with E-state index in [-0.39, 0.29) is 12.4 Å². The van der Waals surface area contributed by atoms with Crippen LogP contribution >= 0.6 is 0 Å². The van der Waals surface area contributed by atoms with E-state index < -0.39 is 0 Å². The van der Waals surface area contributed by atoms with E-state index in [9.17, 15) is 0 Å². The van der Waals surface area contributed by atoms with Gasteiger partial charge >= 0.3 is 0 Å². The molecule has 0 atom stereocenters. The molecule has 0 heterocycles. The van der Waals surface area contributed by atoms with Crippen molar-refractivity contribution < 1.29 is 16.9 Å². The van der Waals surface area contributed by atoms with Crippen molar-refractivity contribution >= 4 is 0 Å². The quantitative estimate of drug-likeness (QED) is 0.0450. The predicted octanol–water partition coefficient (Wildman–Crippen LogP) is 12.9. The monoisotopic (exact) mass is 670 g/mol. The number of hydrogen-bond donors (Lipinski definition) is 0. The first-order valence-corrected chi connectivity index (χ1v) is 22.1. The molecular weight excluding hydrogens is 578 g/mol. The second kappa shape index (κ2) is 41.4. The Labute approximate surface area is 301 Å². The van der Waals surface area contributed by atoms with Crippen LogP contribution in [-0.4, -0.2) is 30.7 Å². The maximum absolute atomic E-state index is 2.34. The van der Waals surface area contributed by atoms with E-state index in [0.29, 0.717) is 0 Å². The molecule has 0 bridgehead atoms. The third-order valence-corrected chi connectivity index (χ3v) is 10.9. The van der Waals surface area contributed by atoms with Crippen molar-refractivity contribution in [3.05, 3.63) is 0 Å². The topological polar surface area (TPSA) is 0 Å². The Hall–Kier alpha value is 0.250. The number of rotatable bonds is 40. The molecule has 0 fully saturated rings. The molecule has 0 radical (unpaired) electrons. The van der Waals surface area contributed by atoms with Crippen LogP contribution in [0.1, 0.15) is 259 Å². The van der Waals surface area contributed by atoms with Gasteiger partial charge < -0.3 is 16.9 Å². The van der Waals surface area contributed by atoms with Crippen LogP contribution in [0.3, 0.4) is 0 Å². The molecule has 0 N–H and O–H groups in total. The average molecular weight is 671 g/mol. The molecular formula is C44H92ClN. The highest BCUT2D eigenvalue weighted by Crippen LogP contribution is 2.21.